The van der Waals surface area contributed by atoms with Crippen molar-refractivity contribution in [2.45, 2.75) is 19.4 Å². The smallest absolute Gasteiger partial charge is 0.225 e. The van der Waals surface area contributed by atoms with E-state index in [9.17, 15) is 4.79 Å². The van der Waals surface area contributed by atoms with E-state index >= 15 is 0 Å². The number of hydrogen-bond donors (Lipinski definition) is 1. The summed E-state index contributed by atoms with van der Waals surface area (Å²) in [5.41, 5.74) is 1.15. The van der Waals surface area contributed by atoms with Gasteiger partial charge >= 0.3 is 0 Å². The number of carbonyl (C=O) groups is 1. The molecule has 2 rings (SSSR count). The first-order chi connectivity index (χ1) is 10.1. The van der Waals surface area contributed by atoms with Crippen molar-refractivity contribution in [3.05, 3.63) is 29.8 Å². The van der Waals surface area contributed by atoms with E-state index < -0.39 is 0 Å². The number of amides is 1. The number of nitrogens with one attached hydrogen (secondary N) is 1. The summed E-state index contributed by atoms with van der Waals surface area (Å²) >= 11 is 0. The lowest BCUT2D eigenvalue weighted by atomic mass is 10.2. The Hall–Kier alpha value is -1.59. The van der Waals surface area contributed by atoms with Gasteiger partial charge in [0.15, 0.2) is 0 Å². The summed E-state index contributed by atoms with van der Waals surface area (Å²) in [6, 6.07) is 7.84. The first kappa shape index (κ1) is 15.8. The molecule has 1 aromatic carbocycles. The average molecular weight is 292 g/mol. The lowest BCUT2D eigenvalue weighted by Crippen LogP contribution is -2.45. The predicted octanol–water partition coefficient (Wildman–Crippen LogP) is 1.21. The Morgan fingerprint density at radius 3 is 3.10 bits per heavy atom. The first-order valence-corrected chi connectivity index (χ1v) is 7.41. The molecule has 1 unspecified atom stereocenters. The molecule has 0 saturated carbocycles. The van der Waals surface area contributed by atoms with Gasteiger partial charge in [-0.05, 0) is 24.6 Å². The van der Waals surface area contributed by atoms with Crippen molar-refractivity contribution in [2.24, 2.45) is 0 Å². The Labute approximate surface area is 126 Å². The minimum Gasteiger partial charge on any atom is -0.493 e. The van der Waals surface area contributed by atoms with Crippen LogP contribution in [-0.2, 0) is 9.53 Å². The monoisotopic (exact) mass is 292 g/mol. The molecule has 1 saturated heterocycles. The quantitative estimate of drug-likeness (QED) is 0.856. The lowest BCUT2D eigenvalue weighted by Gasteiger charge is -2.28. The Morgan fingerprint density at radius 2 is 2.38 bits per heavy atom. The van der Waals surface area contributed by atoms with Gasteiger partial charge in [0.2, 0.25) is 5.91 Å². The molecular weight excluding hydrogens is 268 g/mol. The number of hydrogen-bond acceptors (Lipinski definition) is 4. The number of benzene rings is 1. The van der Waals surface area contributed by atoms with Gasteiger partial charge in [-0.2, -0.15) is 0 Å². The zero-order valence-corrected chi connectivity index (χ0v) is 12.8. The van der Waals surface area contributed by atoms with Crippen molar-refractivity contribution in [3.63, 3.8) is 0 Å². The van der Waals surface area contributed by atoms with Gasteiger partial charge in [0.05, 0.1) is 25.7 Å². The molecule has 116 valence electrons. The third kappa shape index (κ3) is 5.36. The molecule has 0 bridgehead atoms. The molecule has 1 heterocycles. The number of ether oxygens (including phenoxy) is 2. The molecular formula is C16H24N2O3. The largest absolute Gasteiger partial charge is 0.493 e. The fraction of sp³-hybridized carbons (Fsp3) is 0.562. The molecule has 1 fully saturated rings. The van der Waals surface area contributed by atoms with Crippen LogP contribution >= 0.6 is 0 Å². The first-order valence-electron chi connectivity index (χ1n) is 7.41. The summed E-state index contributed by atoms with van der Waals surface area (Å²) in [6.07, 6.45) is 0.468. The highest BCUT2D eigenvalue weighted by molar-refractivity contribution is 5.76. The van der Waals surface area contributed by atoms with Crippen molar-refractivity contribution >= 4 is 5.91 Å². The molecule has 5 nitrogen and oxygen atoms in total. The molecule has 1 atom stereocenters. The number of likely N-dealkylation sites (N-methyl/N-ethyl adjacent to an activating group) is 1. The van der Waals surface area contributed by atoms with Crippen LogP contribution in [0.15, 0.2) is 24.3 Å². The van der Waals surface area contributed by atoms with Gasteiger partial charge in [-0.1, -0.05) is 12.1 Å². The van der Waals surface area contributed by atoms with Gasteiger partial charge in [0.25, 0.3) is 0 Å². The number of nitrogens with zero attached hydrogens (tertiary/aromatic N) is 1. The lowest BCUT2D eigenvalue weighted by molar-refractivity contribution is -0.132. The Morgan fingerprint density at radius 1 is 1.52 bits per heavy atom. The van der Waals surface area contributed by atoms with Gasteiger partial charge < -0.3 is 19.7 Å². The maximum Gasteiger partial charge on any atom is 0.225 e. The maximum absolute atomic E-state index is 12.0. The number of morpholine rings is 1. The second kappa shape index (κ2) is 8.00. The van der Waals surface area contributed by atoms with Gasteiger partial charge in [-0.25, -0.2) is 0 Å². The summed E-state index contributed by atoms with van der Waals surface area (Å²) in [7, 11) is 1.81. The average Bonchev–Trinajstić information content (AvgIpc) is 2.48. The Balaban J connectivity index is 1.68. The second-order valence-corrected chi connectivity index (χ2v) is 5.39. The molecule has 0 aromatic heterocycles. The molecule has 1 amide bonds. The van der Waals surface area contributed by atoms with E-state index in [-0.39, 0.29) is 12.0 Å². The van der Waals surface area contributed by atoms with E-state index in [1.807, 2.05) is 38.2 Å². The van der Waals surface area contributed by atoms with Gasteiger partial charge in [-0.3, -0.25) is 4.79 Å². The fourth-order valence-corrected chi connectivity index (χ4v) is 2.30. The van der Waals surface area contributed by atoms with E-state index in [2.05, 4.69) is 5.32 Å². The molecule has 5 heteroatoms. The zero-order valence-electron chi connectivity index (χ0n) is 12.8. The minimum absolute atomic E-state index is 0.0804. The molecule has 0 radical (unpaired) electrons. The molecule has 1 aliphatic heterocycles. The van der Waals surface area contributed by atoms with E-state index in [0.717, 1.165) is 24.4 Å². The van der Waals surface area contributed by atoms with Crippen molar-refractivity contribution < 1.29 is 14.3 Å². The van der Waals surface area contributed by atoms with E-state index in [1.54, 1.807) is 4.90 Å². The summed E-state index contributed by atoms with van der Waals surface area (Å²) in [4.78, 5) is 13.8. The van der Waals surface area contributed by atoms with Crippen LogP contribution in [0.1, 0.15) is 12.0 Å². The highest BCUT2D eigenvalue weighted by Crippen LogP contribution is 2.12. The van der Waals surface area contributed by atoms with Crippen LogP contribution in [0.3, 0.4) is 0 Å². The zero-order chi connectivity index (χ0) is 15.1. The molecule has 21 heavy (non-hydrogen) atoms. The number of carbonyl (C=O) groups excluding carboxylic acids is 1. The van der Waals surface area contributed by atoms with Crippen LogP contribution in [0.2, 0.25) is 0 Å². The van der Waals surface area contributed by atoms with Crippen LogP contribution in [-0.4, -0.2) is 56.8 Å². The molecule has 1 aliphatic rings. The number of rotatable bonds is 6. The maximum atomic E-state index is 12.0. The molecule has 1 N–H and O–H groups in total. The minimum atomic E-state index is 0.0804. The summed E-state index contributed by atoms with van der Waals surface area (Å²) in [5, 5.41) is 3.26. The molecule has 1 aromatic rings. The van der Waals surface area contributed by atoms with Crippen molar-refractivity contribution in [1.82, 2.24) is 10.2 Å². The van der Waals surface area contributed by atoms with Crippen molar-refractivity contribution in [2.75, 3.05) is 39.9 Å². The van der Waals surface area contributed by atoms with E-state index in [4.69, 9.17) is 9.47 Å². The molecule has 0 aliphatic carbocycles. The summed E-state index contributed by atoms with van der Waals surface area (Å²) in [5.74, 6) is 0.891. The second-order valence-electron chi connectivity index (χ2n) is 5.39. The van der Waals surface area contributed by atoms with Crippen molar-refractivity contribution in [1.29, 1.82) is 0 Å². The fourth-order valence-electron chi connectivity index (χ4n) is 2.30. The van der Waals surface area contributed by atoms with Gasteiger partial charge in [0, 0.05) is 26.7 Å². The van der Waals surface area contributed by atoms with Crippen LogP contribution < -0.4 is 10.1 Å². The topological polar surface area (TPSA) is 50.8 Å². The predicted molar refractivity (Wildman–Crippen MR) is 81.5 cm³/mol. The van der Waals surface area contributed by atoms with Crippen molar-refractivity contribution in [3.8, 4) is 5.75 Å². The highest BCUT2D eigenvalue weighted by Gasteiger charge is 2.18. The third-order valence-electron chi connectivity index (χ3n) is 3.48. The van der Waals surface area contributed by atoms with Gasteiger partial charge in [-0.15, -0.1) is 0 Å². The van der Waals surface area contributed by atoms with Crippen LogP contribution in [0, 0.1) is 6.92 Å². The third-order valence-corrected chi connectivity index (χ3v) is 3.48. The standard InChI is InChI=1S/C16H24N2O3/c1-13-4-3-5-14(10-13)20-8-6-16(19)18(2)12-15-11-17-7-9-21-15/h3-5,10,15,17H,6-9,11-12H2,1-2H3. The number of aryl methyl sites for hydroxylation is 1. The molecule has 0 spiro atoms. The summed E-state index contributed by atoms with van der Waals surface area (Å²) in [6.45, 7) is 5.44. The Bertz CT molecular complexity index is 459. The van der Waals surface area contributed by atoms with E-state index in [1.165, 1.54) is 0 Å². The van der Waals surface area contributed by atoms with Gasteiger partial charge in [0.1, 0.15) is 5.75 Å². The van der Waals surface area contributed by atoms with Crippen LogP contribution in [0.5, 0.6) is 5.75 Å². The van der Waals surface area contributed by atoms with Crippen LogP contribution in [0.4, 0.5) is 0 Å². The van der Waals surface area contributed by atoms with E-state index in [0.29, 0.717) is 26.2 Å². The van der Waals surface area contributed by atoms with Crippen LogP contribution in [0.25, 0.3) is 0 Å². The highest BCUT2D eigenvalue weighted by atomic mass is 16.5. The summed E-state index contributed by atoms with van der Waals surface area (Å²) < 4.78 is 11.2. The SMILES string of the molecule is Cc1cccc(OCCC(=O)N(C)CC2CNCCO2)c1. The normalized spacial score (nSPS) is 18.3. The Kier molecular flexibility index (Phi) is 6.02.